The third kappa shape index (κ3) is 3.45. The minimum atomic E-state index is -0.405. The number of hydrogen-bond acceptors (Lipinski definition) is 3. The van der Waals surface area contributed by atoms with Crippen molar-refractivity contribution in [2.75, 3.05) is 5.32 Å². The first-order chi connectivity index (χ1) is 11.5. The standard InChI is InChI=1S/C16H10BrCl2N3O2/c17-9-4-5-12-10(6-9)16(24)22(8-20-12)7-14(23)21-13-3-1-2-11(18)15(13)19/h1-6,8H,7H2,(H,21,23). The molecule has 1 aromatic heterocycles. The Kier molecular flexibility index (Phi) is 4.89. The lowest BCUT2D eigenvalue weighted by Crippen LogP contribution is -2.28. The lowest BCUT2D eigenvalue weighted by molar-refractivity contribution is -0.116. The molecule has 3 aromatic rings. The van der Waals surface area contributed by atoms with Crippen LogP contribution in [0.4, 0.5) is 5.69 Å². The van der Waals surface area contributed by atoms with E-state index in [9.17, 15) is 9.59 Å². The van der Waals surface area contributed by atoms with E-state index in [2.05, 4.69) is 26.2 Å². The first-order valence-corrected chi connectivity index (χ1v) is 8.39. The second-order valence-electron chi connectivity index (χ2n) is 4.99. The molecule has 5 nitrogen and oxygen atoms in total. The van der Waals surface area contributed by atoms with Crippen molar-refractivity contribution in [1.82, 2.24) is 9.55 Å². The van der Waals surface area contributed by atoms with Gasteiger partial charge in [0.2, 0.25) is 5.91 Å². The van der Waals surface area contributed by atoms with Gasteiger partial charge in [0.05, 0.1) is 33.0 Å². The van der Waals surface area contributed by atoms with Crippen molar-refractivity contribution in [2.45, 2.75) is 6.54 Å². The first-order valence-electron chi connectivity index (χ1n) is 6.84. The van der Waals surface area contributed by atoms with E-state index in [0.717, 1.165) is 4.47 Å². The number of benzene rings is 2. The van der Waals surface area contributed by atoms with Crippen molar-refractivity contribution < 1.29 is 4.79 Å². The number of carbonyl (C=O) groups is 1. The highest BCUT2D eigenvalue weighted by Crippen LogP contribution is 2.29. The second-order valence-corrected chi connectivity index (χ2v) is 6.69. The highest BCUT2D eigenvalue weighted by Gasteiger charge is 2.11. The Labute approximate surface area is 155 Å². The van der Waals surface area contributed by atoms with Crippen molar-refractivity contribution in [2.24, 2.45) is 0 Å². The number of aromatic nitrogens is 2. The van der Waals surface area contributed by atoms with Crippen LogP contribution in [-0.4, -0.2) is 15.5 Å². The summed E-state index contributed by atoms with van der Waals surface area (Å²) in [6, 6.07) is 10.1. The zero-order valence-electron chi connectivity index (χ0n) is 12.1. The van der Waals surface area contributed by atoms with Gasteiger partial charge in [-0.25, -0.2) is 4.98 Å². The third-order valence-corrected chi connectivity index (χ3v) is 4.64. The number of nitrogens with zero attached hydrogens (tertiary/aromatic N) is 2. The molecule has 0 aliphatic rings. The van der Waals surface area contributed by atoms with Gasteiger partial charge in [0, 0.05) is 4.47 Å². The Morgan fingerprint density at radius 1 is 1.25 bits per heavy atom. The Morgan fingerprint density at radius 2 is 2.04 bits per heavy atom. The summed E-state index contributed by atoms with van der Waals surface area (Å²) in [5.74, 6) is -0.405. The van der Waals surface area contributed by atoms with E-state index in [0.29, 0.717) is 21.6 Å². The number of amides is 1. The van der Waals surface area contributed by atoms with Crippen LogP contribution in [0.3, 0.4) is 0 Å². The Bertz CT molecular complexity index is 1000. The number of hydrogen-bond donors (Lipinski definition) is 1. The fraction of sp³-hybridized carbons (Fsp3) is 0.0625. The molecule has 1 amide bonds. The highest BCUT2D eigenvalue weighted by atomic mass is 79.9. The fourth-order valence-corrected chi connectivity index (χ4v) is 2.90. The highest BCUT2D eigenvalue weighted by molar-refractivity contribution is 9.10. The minimum Gasteiger partial charge on any atom is -0.323 e. The molecule has 0 atom stereocenters. The van der Waals surface area contributed by atoms with Crippen LogP contribution >= 0.6 is 39.1 Å². The molecule has 3 rings (SSSR count). The Balaban J connectivity index is 1.87. The molecule has 0 aliphatic heterocycles. The van der Waals surface area contributed by atoms with Gasteiger partial charge in [-0.05, 0) is 30.3 Å². The molecule has 0 fully saturated rings. The topological polar surface area (TPSA) is 64.0 Å². The van der Waals surface area contributed by atoms with Crippen molar-refractivity contribution in [1.29, 1.82) is 0 Å². The van der Waals surface area contributed by atoms with Crippen LogP contribution in [-0.2, 0) is 11.3 Å². The van der Waals surface area contributed by atoms with Gasteiger partial charge < -0.3 is 5.32 Å². The number of fused-ring (bicyclic) bond motifs is 1. The molecule has 0 saturated heterocycles. The molecular weight excluding hydrogens is 417 g/mol. The predicted molar refractivity (Wildman–Crippen MR) is 98.8 cm³/mol. The van der Waals surface area contributed by atoms with E-state index in [1.165, 1.54) is 10.9 Å². The van der Waals surface area contributed by atoms with E-state index in [4.69, 9.17) is 23.2 Å². The van der Waals surface area contributed by atoms with E-state index < -0.39 is 5.91 Å². The third-order valence-electron chi connectivity index (χ3n) is 3.33. The van der Waals surface area contributed by atoms with E-state index in [1.54, 1.807) is 36.4 Å². The monoisotopic (exact) mass is 425 g/mol. The molecule has 8 heteroatoms. The Hall–Kier alpha value is -1.89. The van der Waals surface area contributed by atoms with Crippen LogP contribution < -0.4 is 10.9 Å². The average molecular weight is 427 g/mol. The zero-order valence-corrected chi connectivity index (χ0v) is 15.2. The van der Waals surface area contributed by atoms with Gasteiger partial charge in [-0.3, -0.25) is 14.2 Å². The molecule has 1 N–H and O–H groups in total. The molecule has 0 aliphatic carbocycles. The molecule has 0 bridgehead atoms. The molecule has 122 valence electrons. The van der Waals surface area contributed by atoms with Gasteiger partial charge >= 0.3 is 0 Å². The normalized spacial score (nSPS) is 10.8. The van der Waals surface area contributed by atoms with E-state index in [1.807, 2.05) is 0 Å². The summed E-state index contributed by atoms with van der Waals surface area (Å²) in [6.45, 7) is -0.183. The van der Waals surface area contributed by atoms with Crippen LogP contribution in [0.15, 0.2) is 52.0 Å². The number of halogens is 3. The molecule has 2 aromatic carbocycles. The number of carbonyl (C=O) groups excluding carboxylic acids is 1. The molecule has 24 heavy (non-hydrogen) atoms. The number of anilines is 1. The molecule has 0 radical (unpaired) electrons. The Morgan fingerprint density at radius 3 is 2.83 bits per heavy atom. The van der Waals surface area contributed by atoms with E-state index >= 15 is 0 Å². The number of rotatable bonds is 3. The smallest absolute Gasteiger partial charge is 0.261 e. The van der Waals surface area contributed by atoms with Gasteiger partial charge in [-0.15, -0.1) is 0 Å². The molecule has 0 unspecified atom stereocenters. The summed E-state index contributed by atoms with van der Waals surface area (Å²) >= 11 is 15.3. The lowest BCUT2D eigenvalue weighted by atomic mass is 10.2. The zero-order chi connectivity index (χ0) is 17.3. The molecule has 1 heterocycles. The quantitative estimate of drug-likeness (QED) is 0.685. The maximum absolute atomic E-state index is 12.5. The first kappa shape index (κ1) is 17.0. The molecule has 0 spiro atoms. The van der Waals surface area contributed by atoms with Crippen LogP contribution in [0.5, 0.6) is 0 Å². The van der Waals surface area contributed by atoms with Crippen LogP contribution in [0.1, 0.15) is 0 Å². The van der Waals surface area contributed by atoms with E-state index in [-0.39, 0.29) is 17.1 Å². The summed E-state index contributed by atoms with van der Waals surface area (Å²) in [6.07, 6.45) is 1.34. The average Bonchev–Trinajstić information content (AvgIpc) is 2.55. The number of nitrogens with one attached hydrogen (secondary N) is 1. The second kappa shape index (κ2) is 6.93. The maximum Gasteiger partial charge on any atom is 0.261 e. The van der Waals surface area contributed by atoms with Crippen LogP contribution in [0.2, 0.25) is 10.0 Å². The van der Waals surface area contributed by atoms with Crippen molar-refractivity contribution in [3.63, 3.8) is 0 Å². The maximum atomic E-state index is 12.5. The van der Waals surface area contributed by atoms with Gasteiger partial charge in [0.1, 0.15) is 6.54 Å². The summed E-state index contributed by atoms with van der Waals surface area (Å²) in [4.78, 5) is 28.8. The summed E-state index contributed by atoms with van der Waals surface area (Å²) in [7, 11) is 0. The van der Waals surface area contributed by atoms with Crippen molar-refractivity contribution in [3.8, 4) is 0 Å². The van der Waals surface area contributed by atoms with Gasteiger partial charge in [0.15, 0.2) is 0 Å². The SMILES string of the molecule is O=C(Cn1cnc2ccc(Br)cc2c1=O)Nc1cccc(Cl)c1Cl. The fourth-order valence-electron chi connectivity index (χ4n) is 2.19. The van der Waals surface area contributed by atoms with Crippen LogP contribution in [0, 0.1) is 0 Å². The van der Waals surface area contributed by atoms with Gasteiger partial charge in [0.25, 0.3) is 5.56 Å². The largest absolute Gasteiger partial charge is 0.323 e. The van der Waals surface area contributed by atoms with Crippen molar-refractivity contribution in [3.05, 3.63) is 67.6 Å². The molecular formula is C16H10BrCl2N3O2. The molecule has 0 saturated carbocycles. The lowest BCUT2D eigenvalue weighted by Gasteiger charge is -2.10. The van der Waals surface area contributed by atoms with Crippen molar-refractivity contribution >= 4 is 61.6 Å². The van der Waals surface area contributed by atoms with Crippen LogP contribution in [0.25, 0.3) is 10.9 Å². The summed E-state index contributed by atoms with van der Waals surface area (Å²) in [5.41, 5.74) is 0.657. The summed E-state index contributed by atoms with van der Waals surface area (Å²) < 4.78 is 2.00. The predicted octanol–water partition coefficient (Wildman–Crippen LogP) is 4.10. The minimum absolute atomic E-state index is 0.183. The van der Waals surface area contributed by atoms with Gasteiger partial charge in [-0.2, -0.15) is 0 Å². The summed E-state index contributed by atoms with van der Waals surface area (Å²) in [5, 5.41) is 3.65. The van der Waals surface area contributed by atoms with Gasteiger partial charge in [-0.1, -0.05) is 45.2 Å².